The van der Waals surface area contributed by atoms with Crippen molar-refractivity contribution in [2.75, 3.05) is 4.72 Å². The Labute approximate surface area is 180 Å². The number of furan rings is 1. The van der Waals surface area contributed by atoms with Gasteiger partial charge >= 0.3 is 5.97 Å². The lowest BCUT2D eigenvalue weighted by Gasteiger charge is -2.14. The van der Waals surface area contributed by atoms with E-state index in [2.05, 4.69) is 9.71 Å². The molecule has 158 valence electrons. The summed E-state index contributed by atoms with van der Waals surface area (Å²) in [4.78, 5) is 15.5. The van der Waals surface area contributed by atoms with Gasteiger partial charge in [0.05, 0.1) is 5.56 Å². The average Bonchev–Trinajstić information content (AvgIpc) is 3.19. The number of hydrogen-bond acceptors (Lipinski definition) is 6. The molecule has 0 radical (unpaired) electrons. The van der Waals surface area contributed by atoms with E-state index < -0.39 is 27.2 Å². The first-order chi connectivity index (χ1) is 14.8. The highest BCUT2D eigenvalue weighted by Crippen LogP contribution is 2.28. The van der Waals surface area contributed by atoms with Crippen molar-refractivity contribution < 1.29 is 27.3 Å². The summed E-state index contributed by atoms with van der Waals surface area (Å²) in [5.41, 5.74) is 0.818. The number of carboxylic acids is 1. The maximum absolute atomic E-state index is 13.0. The molecule has 10 heteroatoms. The maximum Gasteiger partial charge on any atom is 0.336 e. The Hall–Kier alpha value is -3.34. The van der Waals surface area contributed by atoms with Gasteiger partial charge in [-0.1, -0.05) is 36.4 Å². The normalized spacial score (nSPS) is 12.5. The monoisotopic (exact) mass is 456 g/mol. The molecule has 0 aliphatic carbocycles. The van der Waals surface area contributed by atoms with E-state index in [0.29, 0.717) is 16.5 Å². The van der Waals surface area contributed by atoms with Gasteiger partial charge in [0, 0.05) is 34.4 Å². The van der Waals surface area contributed by atoms with E-state index in [1.807, 2.05) is 0 Å². The number of carbonyl (C=O) groups is 1. The van der Waals surface area contributed by atoms with Crippen LogP contribution in [-0.4, -0.2) is 29.0 Å². The number of hydrogen-bond donors (Lipinski definition) is 2. The standard InChI is InChI=1S/C21H16N2O6S2/c24-21(25)16-8-3-1-7-15(16)13-30(26)20-17(9-5-11-22-20)23-31(27,28)19-12-14-6-2-4-10-18(14)29-19/h1-12,23H,13H2,(H,24,25). The van der Waals surface area contributed by atoms with Gasteiger partial charge in [-0.15, -0.1) is 0 Å². The van der Waals surface area contributed by atoms with E-state index in [1.54, 1.807) is 42.5 Å². The highest BCUT2D eigenvalue weighted by atomic mass is 32.2. The zero-order valence-corrected chi connectivity index (χ0v) is 17.5. The van der Waals surface area contributed by atoms with Crippen molar-refractivity contribution in [2.45, 2.75) is 15.9 Å². The van der Waals surface area contributed by atoms with Crippen LogP contribution in [0.4, 0.5) is 5.69 Å². The van der Waals surface area contributed by atoms with E-state index in [1.165, 1.54) is 30.5 Å². The molecule has 0 fully saturated rings. The fraction of sp³-hybridized carbons (Fsp3) is 0.0476. The predicted octanol–water partition coefficient (Wildman–Crippen LogP) is 3.63. The molecule has 2 aromatic heterocycles. The Morgan fingerprint density at radius 2 is 1.84 bits per heavy atom. The number of fused-ring (bicyclic) bond motifs is 1. The molecule has 1 unspecified atom stereocenters. The van der Waals surface area contributed by atoms with Gasteiger partial charge < -0.3 is 14.1 Å². The van der Waals surface area contributed by atoms with Gasteiger partial charge in [-0.25, -0.2) is 9.78 Å². The molecule has 1 atom stereocenters. The molecule has 0 aliphatic heterocycles. The molecule has 0 bridgehead atoms. The molecular formula is C21H16N2O6S2. The molecule has 4 aromatic rings. The van der Waals surface area contributed by atoms with Crippen molar-refractivity contribution in [1.29, 1.82) is 0 Å². The van der Waals surface area contributed by atoms with Gasteiger partial charge in [0.2, 0.25) is 5.09 Å². The van der Waals surface area contributed by atoms with Crippen molar-refractivity contribution in [3.8, 4) is 0 Å². The predicted molar refractivity (Wildman–Crippen MR) is 115 cm³/mol. The fourth-order valence-corrected chi connectivity index (χ4v) is 5.31. The topological polar surface area (TPSA) is 133 Å². The number of anilines is 1. The number of aromatic nitrogens is 1. The van der Waals surface area contributed by atoms with Crippen LogP contribution in [0.25, 0.3) is 11.0 Å². The lowest BCUT2D eigenvalue weighted by Crippen LogP contribution is -2.17. The molecule has 2 heterocycles. The Morgan fingerprint density at radius 3 is 2.61 bits per heavy atom. The molecule has 0 aliphatic rings. The summed E-state index contributed by atoms with van der Waals surface area (Å²) < 4.78 is 46.5. The van der Waals surface area contributed by atoms with Gasteiger partial charge in [-0.05, 0) is 24.3 Å². The van der Waals surface area contributed by atoms with E-state index in [4.69, 9.17) is 4.42 Å². The Kier molecular flexibility index (Phi) is 5.68. The van der Waals surface area contributed by atoms with Crippen molar-refractivity contribution in [2.24, 2.45) is 0 Å². The van der Waals surface area contributed by atoms with Crippen molar-refractivity contribution in [3.63, 3.8) is 0 Å². The molecule has 2 aromatic carbocycles. The highest BCUT2D eigenvalue weighted by Gasteiger charge is 2.26. The van der Waals surface area contributed by atoms with Crippen molar-refractivity contribution in [1.82, 2.24) is 4.98 Å². The molecule has 0 saturated carbocycles. The van der Waals surface area contributed by atoms with Crippen molar-refractivity contribution in [3.05, 3.63) is 84.1 Å². The Balaban J connectivity index is 1.63. The van der Waals surface area contributed by atoms with E-state index in [9.17, 15) is 22.9 Å². The first-order valence-electron chi connectivity index (χ1n) is 9.01. The summed E-state index contributed by atoms with van der Waals surface area (Å²) in [6.07, 6.45) is 1.38. The van der Waals surface area contributed by atoms with Crippen LogP contribution < -0.4 is 4.72 Å². The highest BCUT2D eigenvalue weighted by molar-refractivity contribution is 7.93. The Bertz CT molecular complexity index is 1330. The summed E-state index contributed by atoms with van der Waals surface area (Å²) in [7, 11) is -4.11. The minimum atomic E-state index is -4.11. The number of benzene rings is 2. The summed E-state index contributed by atoms with van der Waals surface area (Å²) in [6.45, 7) is 0. The molecule has 0 saturated heterocycles. The summed E-state index contributed by atoms with van der Waals surface area (Å²) in [6, 6.07) is 17.4. The number of aromatic carboxylic acids is 1. The third-order valence-corrected chi connectivity index (χ3v) is 6.98. The second kappa shape index (κ2) is 8.42. The number of nitrogens with zero attached hydrogens (tertiary/aromatic N) is 1. The zero-order valence-electron chi connectivity index (χ0n) is 15.9. The third-order valence-electron chi connectivity index (χ3n) is 4.43. The second-order valence-electron chi connectivity index (χ2n) is 6.52. The summed E-state index contributed by atoms with van der Waals surface area (Å²) in [5, 5.41) is 9.66. The zero-order chi connectivity index (χ0) is 22.0. The van der Waals surface area contributed by atoms with E-state index in [-0.39, 0.29) is 27.1 Å². The Morgan fingerprint density at radius 1 is 1.10 bits per heavy atom. The minimum absolute atomic E-state index is 0.0117. The van der Waals surface area contributed by atoms with Crippen LogP contribution in [0.2, 0.25) is 0 Å². The number of pyridine rings is 1. The lowest BCUT2D eigenvalue weighted by molar-refractivity contribution is 0.0696. The van der Waals surface area contributed by atoms with Gasteiger partial charge in [0.1, 0.15) is 17.0 Å². The summed E-state index contributed by atoms with van der Waals surface area (Å²) >= 11 is -1.81. The van der Waals surface area contributed by atoms with Gasteiger partial charge in [-0.3, -0.25) is 4.72 Å². The van der Waals surface area contributed by atoms with Gasteiger partial charge in [0.15, 0.2) is 0 Å². The number of nitrogens with one attached hydrogen (secondary N) is 1. The number of para-hydroxylation sites is 1. The molecule has 4 rings (SSSR count). The van der Waals surface area contributed by atoms with Gasteiger partial charge in [0.25, 0.3) is 15.0 Å². The lowest BCUT2D eigenvalue weighted by atomic mass is 10.1. The molecule has 2 N–H and O–H groups in total. The van der Waals surface area contributed by atoms with Crippen LogP contribution in [0.15, 0.2) is 87.5 Å². The SMILES string of the molecule is O=C(O)c1ccccc1C[S+]([O-])c1ncccc1NS(=O)(=O)c1cc2ccccc2o1. The third kappa shape index (κ3) is 4.41. The average molecular weight is 457 g/mol. The first kappa shape index (κ1) is 20.9. The molecule has 0 amide bonds. The number of carboxylic acid groups (broad SMARTS) is 1. The number of rotatable bonds is 7. The maximum atomic E-state index is 13.0. The molecule has 0 spiro atoms. The second-order valence-corrected chi connectivity index (χ2v) is 9.50. The van der Waals surface area contributed by atoms with Crippen LogP contribution in [0, 0.1) is 0 Å². The van der Waals surface area contributed by atoms with Crippen LogP contribution >= 0.6 is 0 Å². The van der Waals surface area contributed by atoms with E-state index >= 15 is 0 Å². The van der Waals surface area contributed by atoms with Crippen molar-refractivity contribution >= 4 is 43.8 Å². The minimum Gasteiger partial charge on any atom is -0.610 e. The molecule has 8 nitrogen and oxygen atoms in total. The molecular weight excluding hydrogens is 440 g/mol. The largest absolute Gasteiger partial charge is 0.610 e. The van der Waals surface area contributed by atoms with Crippen LogP contribution in [0.1, 0.15) is 15.9 Å². The number of sulfonamides is 1. The molecule has 31 heavy (non-hydrogen) atoms. The first-order valence-corrected chi connectivity index (χ1v) is 11.8. The van der Waals surface area contributed by atoms with E-state index in [0.717, 1.165) is 0 Å². The van der Waals surface area contributed by atoms with Crippen LogP contribution in [0.3, 0.4) is 0 Å². The fourth-order valence-electron chi connectivity index (χ4n) is 3.00. The van der Waals surface area contributed by atoms with Crippen LogP contribution in [-0.2, 0) is 27.0 Å². The summed E-state index contributed by atoms with van der Waals surface area (Å²) in [5.74, 6) is -1.28. The smallest absolute Gasteiger partial charge is 0.336 e. The quantitative estimate of drug-likeness (QED) is 0.406. The van der Waals surface area contributed by atoms with Crippen LogP contribution in [0.5, 0.6) is 0 Å². The van der Waals surface area contributed by atoms with Gasteiger partial charge in [-0.2, -0.15) is 8.42 Å².